The molecule has 0 spiro atoms. The highest BCUT2D eigenvalue weighted by molar-refractivity contribution is 5.99. The zero-order valence-electron chi connectivity index (χ0n) is 9.08. The van der Waals surface area contributed by atoms with Crippen molar-refractivity contribution in [1.82, 2.24) is 5.32 Å². The lowest BCUT2D eigenvalue weighted by molar-refractivity contribution is 0.0947. The molecular weight excluding hydrogens is 190 g/mol. The Bertz CT molecular complexity index is 355. The molecule has 0 heterocycles. The van der Waals surface area contributed by atoms with Crippen LogP contribution in [0.15, 0.2) is 24.3 Å². The molecule has 1 aromatic rings. The summed E-state index contributed by atoms with van der Waals surface area (Å²) in [4.78, 5) is 11.7. The van der Waals surface area contributed by atoms with Gasteiger partial charge in [0.1, 0.15) is 0 Å². The van der Waals surface area contributed by atoms with Gasteiger partial charge in [-0.1, -0.05) is 12.1 Å². The fourth-order valence-corrected chi connectivity index (χ4v) is 1.11. The van der Waals surface area contributed by atoms with Gasteiger partial charge in [-0.3, -0.25) is 4.79 Å². The number of amides is 1. The van der Waals surface area contributed by atoms with Crippen LogP contribution in [0.5, 0.6) is 0 Å². The van der Waals surface area contributed by atoms with Crippen molar-refractivity contribution in [1.29, 1.82) is 0 Å². The molecule has 5 N–H and O–H groups in total. The minimum Gasteiger partial charge on any atom is -0.398 e. The third-order valence-corrected chi connectivity index (χ3v) is 1.91. The van der Waals surface area contributed by atoms with Crippen LogP contribution in [-0.2, 0) is 0 Å². The topological polar surface area (TPSA) is 81.1 Å². The summed E-state index contributed by atoms with van der Waals surface area (Å²) in [6.07, 6.45) is 0. The van der Waals surface area contributed by atoms with E-state index in [9.17, 15) is 4.79 Å². The molecule has 4 heteroatoms. The number of carbonyl (C=O) groups is 1. The molecular formula is C11H17N3O. The van der Waals surface area contributed by atoms with Crippen molar-refractivity contribution >= 4 is 11.6 Å². The first-order valence-corrected chi connectivity index (χ1v) is 4.82. The smallest absolute Gasteiger partial charge is 0.253 e. The number of nitrogens with one attached hydrogen (secondary N) is 1. The van der Waals surface area contributed by atoms with Gasteiger partial charge in [0.15, 0.2) is 0 Å². The lowest BCUT2D eigenvalue weighted by Gasteiger charge is -2.19. The zero-order chi connectivity index (χ0) is 11.5. The van der Waals surface area contributed by atoms with E-state index in [2.05, 4.69) is 5.32 Å². The van der Waals surface area contributed by atoms with Gasteiger partial charge in [-0.25, -0.2) is 0 Å². The molecule has 0 aliphatic carbocycles. The zero-order valence-corrected chi connectivity index (χ0v) is 9.08. The highest BCUT2D eigenvalue weighted by Gasteiger charge is 2.14. The number of anilines is 1. The lowest BCUT2D eigenvalue weighted by Crippen LogP contribution is -2.45. The quantitative estimate of drug-likeness (QED) is 0.639. The molecule has 0 aromatic heterocycles. The summed E-state index contributed by atoms with van der Waals surface area (Å²) in [7, 11) is 0. The summed E-state index contributed by atoms with van der Waals surface area (Å²) >= 11 is 0. The summed E-state index contributed by atoms with van der Waals surface area (Å²) < 4.78 is 0. The van der Waals surface area contributed by atoms with E-state index in [1.165, 1.54) is 0 Å². The van der Waals surface area contributed by atoms with Crippen molar-refractivity contribution in [2.45, 2.75) is 19.4 Å². The fraction of sp³-hybridized carbons (Fsp3) is 0.364. The second kappa shape index (κ2) is 4.31. The number of rotatable bonds is 3. The lowest BCUT2D eigenvalue weighted by atomic mass is 10.1. The van der Waals surface area contributed by atoms with Crippen LogP contribution in [0.1, 0.15) is 24.2 Å². The van der Waals surface area contributed by atoms with E-state index in [4.69, 9.17) is 11.5 Å². The van der Waals surface area contributed by atoms with Crippen LogP contribution in [0.2, 0.25) is 0 Å². The van der Waals surface area contributed by atoms with Gasteiger partial charge in [0.05, 0.1) is 5.56 Å². The van der Waals surface area contributed by atoms with Crippen LogP contribution >= 0.6 is 0 Å². The molecule has 1 aromatic carbocycles. The molecule has 0 saturated carbocycles. The summed E-state index contributed by atoms with van der Waals surface area (Å²) in [5.74, 6) is -0.188. The van der Waals surface area contributed by atoms with Gasteiger partial charge in [-0.2, -0.15) is 0 Å². The number of hydrogen-bond donors (Lipinski definition) is 3. The maximum Gasteiger partial charge on any atom is 0.253 e. The monoisotopic (exact) mass is 207 g/mol. The van der Waals surface area contributed by atoms with Crippen molar-refractivity contribution in [3.8, 4) is 0 Å². The molecule has 15 heavy (non-hydrogen) atoms. The molecule has 0 saturated heterocycles. The van der Waals surface area contributed by atoms with E-state index >= 15 is 0 Å². The maximum absolute atomic E-state index is 11.7. The Morgan fingerprint density at radius 1 is 1.40 bits per heavy atom. The van der Waals surface area contributed by atoms with Crippen molar-refractivity contribution in [3.63, 3.8) is 0 Å². The Morgan fingerprint density at radius 3 is 2.53 bits per heavy atom. The van der Waals surface area contributed by atoms with Crippen molar-refractivity contribution < 1.29 is 4.79 Å². The van der Waals surface area contributed by atoms with Crippen LogP contribution in [-0.4, -0.2) is 18.0 Å². The minimum atomic E-state index is -0.417. The number of benzene rings is 1. The summed E-state index contributed by atoms with van der Waals surface area (Å²) in [5, 5.41) is 2.74. The van der Waals surface area contributed by atoms with Crippen LogP contribution in [0.25, 0.3) is 0 Å². The molecule has 0 aliphatic heterocycles. The molecule has 1 rings (SSSR count). The summed E-state index contributed by atoms with van der Waals surface area (Å²) in [6.45, 7) is 4.11. The average Bonchev–Trinajstić information content (AvgIpc) is 2.14. The molecule has 82 valence electrons. The van der Waals surface area contributed by atoms with Crippen LogP contribution in [0.3, 0.4) is 0 Å². The molecule has 4 nitrogen and oxygen atoms in total. The first-order chi connectivity index (χ1) is 6.90. The molecule has 0 unspecified atom stereocenters. The normalized spacial score (nSPS) is 11.1. The van der Waals surface area contributed by atoms with E-state index in [0.717, 1.165) is 0 Å². The van der Waals surface area contributed by atoms with E-state index in [1.807, 2.05) is 13.8 Å². The van der Waals surface area contributed by atoms with E-state index in [1.54, 1.807) is 24.3 Å². The second-order valence-corrected chi connectivity index (χ2v) is 4.26. The van der Waals surface area contributed by atoms with Crippen LogP contribution in [0.4, 0.5) is 5.69 Å². The van der Waals surface area contributed by atoms with E-state index in [0.29, 0.717) is 17.8 Å². The Balaban J connectivity index is 2.66. The Kier molecular flexibility index (Phi) is 3.31. The Hall–Kier alpha value is -1.55. The van der Waals surface area contributed by atoms with Crippen molar-refractivity contribution in [2.24, 2.45) is 5.73 Å². The van der Waals surface area contributed by atoms with Crippen molar-refractivity contribution in [2.75, 3.05) is 12.3 Å². The first-order valence-electron chi connectivity index (χ1n) is 4.82. The largest absolute Gasteiger partial charge is 0.398 e. The van der Waals surface area contributed by atoms with Gasteiger partial charge in [-0.15, -0.1) is 0 Å². The van der Waals surface area contributed by atoms with Gasteiger partial charge >= 0.3 is 0 Å². The number of nitrogens with two attached hydrogens (primary N) is 2. The molecule has 0 bridgehead atoms. The standard InChI is InChI=1S/C11H17N3O/c1-11(2,13)7-14-10(15)8-5-3-4-6-9(8)12/h3-6H,7,12-13H2,1-2H3,(H,14,15). The second-order valence-electron chi connectivity index (χ2n) is 4.26. The highest BCUT2D eigenvalue weighted by Crippen LogP contribution is 2.10. The fourth-order valence-electron chi connectivity index (χ4n) is 1.11. The van der Waals surface area contributed by atoms with Crippen molar-refractivity contribution in [3.05, 3.63) is 29.8 Å². The number of para-hydroxylation sites is 1. The summed E-state index contributed by atoms with van der Waals surface area (Å²) in [5.41, 5.74) is 12.0. The summed E-state index contributed by atoms with van der Waals surface area (Å²) in [6, 6.07) is 6.95. The van der Waals surface area contributed by atoms with Gasteiger partial charge < -0.3 is 16.8 Å². The number of carbonyl (C=O) groups excluding carboxylic acids is 1. The van der Waals surface area contributed by atoms with Crippen LogP contribution in [0, 0.1) is 0 Å². The third-order valence-electron chi connectivity index (χ3n) is 1.91. The third kappa shape index (κ3) is 3.59. The van der Waals surface area contributed by atoms with Crippen LogP contribution < -0.4 is 16.8 Å². The highest BCUT2D eigenvalue weighted by atomic mass is 16.1. The number of nitrogen functional groups attached to an aromatic ring is 1. The van der Waals surface area contributed by atoms with Gasteiger partial charge in [0.2, 0.25) is 0 Å². The van der Waals surface area contributed by atoms with Gasteiger partial charge in [0, 0.05) is 17.8 Å². The Labute approximate surface area is 89.6 Å². The minimum absolute atomic E-state index is 0.188. The maximum atomic E-state index is 11.7. The molecule has 1 amide bonds. The number of hydrogen-bond acceptors (Lipinski definition) is 3. The predicted octanol–water partition coefficient (Wildman–Crippen LogP) is 0.736. The molecule has 0 aliphatic rings. The molecule has 0 fully saturated rings. The van der Waals surface area contributed by atoms with E-state index < -0.39 is 5.54 Å². The van der Waals surface area contributed by atoms with Gasteiger partial charge in [-0.05, 0) is 26.0 Å². The predicted molar refractivity (Wildman–Crippen MR) is 61.5 cm³/mol. The van der Waals surface area contributed by atoms with E-state index in [-0.39, 0.29) is 5.91 Å². The van der Waals surface area contributed by atoms with Gasteiger partial charge in [0.25, 0.3) is 5.91 Å². The molecule has 0 radical (unpaired) electrons. The first kappa shape index (κ1) is 11.5. The average molecular weight is 207 g/mol. The molecule has 0 atom stereocenters. The Morgan fingerprint density at radius 2 is 2.00 bits per heavy atom. The SMILES string of the molecule is CC(C)(N)CNC(=O)c1ccccc1N.